The number of rotatable bonds is 5. The number of benzene rings is 1. The van der Waals surface area contributed by atoms with E-state index in [0.717, 1.165) is 12.1 Å². The summed E-state index contributed by atoms with van der Waals surface area (Å²) in [7, 11) is 0. The Labute approximate surface area is 119 Å². The number of halogens is 2. The number of hydrazone groups is 1. The van der Waals surface area contributed by atoms with Crippen LogP contribution in [0.15, 0.2) is 23.3 Å². The summed E-state index contributed by atoms with van der Waals surface area (Å²) < 4.78 is 26.0. The fourth-order valence-electron chi connectivity index (χ4n) is 1.33. The zero-order valence-electron chi connectivity index (χ0n) is 11.1. The van der Waals surface area contributed by atoms with Gasteiger partial charge in [-0.05, 0) is 19.1 Å². The van der Waals surface area contributed by atoms with Gasteiger partial charge in [0.2, 0.25) is 5.91 Å². The lowest BCUT2D eigenvalue weighted by molar-refractivity contribution is -0.120. The van der Waals surface area contributed by atoms with E-state index in [2.05, 4.69) is 15.8 Å². The second-order valence-electron chi connectivity index (χ2n) is 4.07. The van der Waals surface area contributed by atoms with Crippen LogP contribution in [0.2, 0.25) is 0 Å². The first-order chi connectivity index (χ1) is 9.92. The number of carbonyl (C=O) groups excluding carboxylic acids is 2. The van der Waals surface area contributed by atoms with Crippen molar-refractivity contribution in [1.29, 1.82) is 5.26 Å². The third-order valence-corrected chi connectivity index (χ3v) is 2.23. The first-order valence-corrected chi connectivity index (χ1v) is 5.86. The van der Waals surface area contributed by atoms with Gasteiger partial charge in [-0.2, -0.15) is 10.4 Å². The van der Waals surface area contributed by atoms with E-state index in [1.807, 2.05) is 0 Å². The third kappa shape index (κ3) is 5.78. The molecule has 0 bridgehead atoms. The highest BCUT2D eigenvalue weighted by atomic mass is 19.1. The van der Waals surface area contributed by atoms with Gasteiger partial charge in [0, 0.05) is 11.8 Å². The normalized spacial score (nSPS) is 10.7. The number of hydrogen-bond donors (Lipinski definition) is 2. The summed E-state index contributed by atoms with van der Waals surface area (Å²) in [6, 6.07) is 4.41. The maximum Gasteiger partial charge on any atom is 0.254 e. The summed E-state index contributed by atoms with van der Waals surface area (Å²) in [5.74, 6) is -2.80. The minimum absolute atomic E-state index is 0.150. The van der Waals surface area contributed by atoms with Crippen LogP contribution in [0.1, 0.15) is 19.8 Å². The molecule has 0 heterocycles. The Kier molecular flexibility index (Phi) is 5.95. The lowest BCUT2D eigenvalue weighted by atomic mass is 10.2. The van der Waals surface area contributed by atoms with Gasteiger partial charge in [0.15, 0.2) is 0 Å². The van der Waals surface area contributed by atoms with Gasteiger partial charge in [0.1, 0.15) is 18.1 Å². The number of amides is 2. The molecule has 0 radical (unpaired) electrons. The monoisotopic (exact) mass is 294 g/mol. The molecule has 0 aromatic heterocycles. The summed E-state index contributed by atoms with van der Waals surface area (Å²) in [6.07, 6.45) is -0.534. The van der Waals surface area contributed by atoms with Crippen molar-refractivity contribution in [1.82, 2.24) is 5.43 Å². The van der Waals surface area contributed by atoms with Crippen molar-refractivity contribution < 1.29 is 18.4 Å². The standard InChI is InChI=1S/C13H12F2N4O2/c1-8(18-19-12(20)4-5-16)6-13(21)17-11-3-2-9(14)7-10(11)15/h2-3,7H,4,6H2,1H3,(H,17,21)(H,19,20)/b18-8-. The second kappa shape index (κ2) is 7.69. The molecule has 2 amide bonds. The first-order valence-electron chi connectivity index (χ1n) is 5.86. The van der Waals surface area contributed by atoms with E-state index in [1.54, 1.807) is 6.07 Å². The maximum absolute atomic E-state index is 13.3. The quantitative estimate of drug-likeness (QED) is 0.639. The van der Waals surface area contributed by atoms with E-state index in [1.165, 1.54) is 6.92 Å². The van der Waals surface area contributed by atoms with Gasteiger partial charge in [-0.1, -0.05) is 0 Å². The van der Waals surface area contributed by atoms with Crippen molar-refractivity contribution in [3.05, 3.63) is 29.8 Å². The predicted molar refractivity (Wildman–Crippen MR) is 71.1 cm³/mol. The smallest absolute Gasteiger partial charge is 0.254 e. The summed E-state index contributed by atoms with van der Waals surface area (Å²) in [5, 5.41) is 14.1. The molecule has 1 aromatic rings. The fourth-order valence-corrected chi connectivity index (χ4v) is 1.33. The van der Waals surface area contributed by atoms with Crippen LogP contribution in [0.3, 0.4) is 0 Å². The Balaban J connectivity index is 2.55. The zero-order valence-corrected chi connectivity index (χ0v) is 11.1. The number of nitrogens with one attached hydrogen (secondary N) is 2. The van der Waals surface area contributed by atoms with Crippen molar-refractivity contribution >= 4 is 23.2 Å². The Hall–Kier alpha value is -2.82. The average Bonchev–Trinajstić information content (AvgIpc) is 2.40. The summed E-state index contributed by atoms with van der Waals surface area (Å²) in [6.45, 7) is 1.48. The van der Waals surface area contributed by atoms with Crippen LogP contribution in [0.5, 0.6) is 0 Å². The maximum atomic E-state index is 13.3. The molecular weight excluding hydrogens is 282 g/mol. The molecule has 110 valence electrons. The van der Waals surface area contributed by atoms with Gasteiger partial charge < -0.3 is 5.32 Å². The lowest BCUT2D eigenvalue weighted by Crippen LogP contribution is -2.21. The molecule has 6 nitrogen and oxygen atoms in total. The molecule has 0 aliphatic carbocycles. The van der Waals surface area contributed by atoms with Crippen molar-refractivity contribution in [3.8, 4) is 6.07 Å². The van der Waals surface area contributed by atoms with Crippen molar-refractivity contribution in [2.45, 2.75) is 19.8 Å². The minimum atomic E-state index is -0.889. The largest absolute Gasteiger partial charge is 0.323 e. The lowest BCUT2D eigenvalue weighted by Gasteiger charge is -2.06. The minimum Gasteiger partial charge on any atom is -0.323 e. The van der Waals surface area contributed by atoms with E-state index in [0.29, 0.717) is 6.07 Å². The van der Waals surface area contributed by atoms with Gasteiger partial charge in [-0.15, -0.1) is 0 Å². The van der Waals surface area contributed by atoms with Crippen molar-refractivity contribution in [3.63, 3.8) is 0 Å². The SMILES string of the molecule is C/C(CC(=O)Nc1ccc(F)cc1F)=N/NC(=O)CC#N. The van der Waals surface area contributed by atoms with Crippen LogP contribution in [0.4, 0.5) is 14.5 Å². The average molecular weight is 294 g/mol. The predicted octanol–water partition coefficient (Wildman–Crippen LogP) is 1.70. The van der Waals surface area contributed by atoms with E-state index < -0.39 is 23.4 Å². The van der Waals surface area contributed by atoms with Crippen LogP contribution >= 0.6 is 0 Å². The topological polar surface area (TPSA) is 94.3 Å². The fraction of sp³-hybridized carbons (Fsp3) is 0.231. The molecule has 0 aliphatic rings. The number of anilines is 1. The highest BCUT2D eigenvalue weighted by Crippen LogP contribution is 2.15. The first kappa shape index (κ1) is 16.2. The Morgan fingerprint density at radius 1 is 1.33 bits per heavy atom. The van der Waals surface area contributed by atoms with Crippen LogP contribution < -0.4 is 10.7 Å². The number of hydrogen-bond acceptors (Lipinski definition) is 4. The van der Waals surface area contributed by atoms with E-state index in [9.17, 15) is 18.4 Å². The zero-order chi connectivity index (χ0) is 15.8. The molecule has 1 aromatic carbocycles. The Morgan fingerprint density at radius 2 is 2.05 bits per heavy atom. The van der Waals surface area contributed by atoms with Gasteiger partial charge in [0.05, 0.1) is 18.2 Å². The van der Waals surface area contributed by atoms with Crippen molar-refractivity contribution in [2.24, 2.45) is 5.10 Å². The van der Waals surface area contributed by atoms with Crippen molar-refractivity contribution in [2.75, 3.05) is 5.32 Å². The third-order valence-electron chi connectivity index (χ3n) is 2.23. The van der Waals surface area contributed by atoms with Crippen LogP contribution in [0, 0.1) is 23.0 Å². The summed E-state index contributed by atoms with van der Waals surface area (Å²) in [5.41, 5.74) is 2.21. The molecule has 8 heteroatoms. The van der Waals surface area contributed by atoms with E-state index >= 15 is 0 Å². The number of nitrogens with zero attached hydrogens (tertiary/aromatic N) is 2. The van der Waals surface area contributed by atoms with Crippen LogP contribution in [0.25, 0.3) is 0 Å². The number of carbonyl (C=O) groups is 2. The molecule has 1 rings (SSSR count). The second-order valence-corrected chi connectivity index (χ2v) is 4.07. The molecule has 0 saturated carbocycles. The van der Waals surface area contributed by atoms with Crippen LogP contribution in [-0.2, 0) is 9.59 Å². The number of nitriles is 1. The molecule has 0 saturated heterocycles. The Morgan fingerprint density at radius 3 is 2.67 bits per heavy atom. The highest BCUT2D eigenvalue weighted by Gasteiger charge is 2.09. The van der Waals surface area contributed by atoms with E-state index in [-0.39, 0.29) is 24.2 Å². The molecule has 2 N–H and O–H groups in total. The molecule has 0 fully saturated rings. The van der Waals surface area contributed by atoms with Gasteiger partial charge in [-0.3, -0.25) is 9.59 Å². The Bertz CT molecular complexity index is 623. The molecular formula is C13H12F2N4O2. The van der Waals surface area contributed by atoms with Gasteiger partial charge in [-0.25, -0.2) is 14.2 Å². The highest BCUT2D eigenvalue weighted by molar-refractivity contribution is 6.05. The molecule has 0 spiro atoms. The summed E-state index contributed by atoms with van der Waals surface area (Å²) in [4.78, 5) is 22.6. The molecule has 0 unspecified atom stereocenters. The van der Waals surface area contributed by atoms with Gasteiger partial charge in [0.25, 0.3) is 5.91 Å². The van der Waals surface area contributed by atoms with E-state index in [4.69, 9.17) is 5.26 Å². The molecule has 0 atom stereocenters. The van der Waals surface area contributed by atoms with Crippen LogP contribution in [-0.4, -0.2) is 17.5 Å². The summed E-state index contributed by atoms with van der Waals surface area (Å²) >= 11 is 0. The van der Waals surface area contributed by atoms with Gasteiger partial charge >= 0.3 is 0 Å². The molecule has 0 aliphatic heterocycles. The molecule has 21 heavy (non-hydrogen) atoms.